The molecule has 3 rings (SSSR count). The zero-order valence-corrected chi connectivity index (χ0v) is 16.4. The number of methoxy groups -OCH3 is 1. The average Bonchev–Trinajstić information content (AvgIpc) is 3.06. The maximum Gasteiger partial charge on any atom is 0.408 e. The molecule has 2 aromatic heterocycles. The Kier molecular flexibility index (Phi) is 5.64. The first-order chi connectivity index (χ1) is 13.6. The Labute approximate surface area is 165 Å². The molecule has 1 amide bonds. The van der Waals surface area contributed by atoms with Crippen LogP contribution in [0.2, 0.25) is 0 Å². The zero-order chi connectivity index (χ0) is 21.3. The molecule has 0 saturated heterocycles. The van der Waals surface area contributed by atoms with Crippen LogP contribution < -0.4 is 15.5 Å². The van der Waals surface area contributed by atoms with E-state index < -0.39 is 18.8 Å². The number of fused-ring (bicyclic) bond motifs is 1. The van der Waals surface area contributed by atoms with Crippen LogP contribution in [0.5, 0.6) is 0 Å². The van der Waals surface area contributed by atoms with E-state index in [4.69, 9.17) is 4.74 Å². The highest BCUT2D eigenvalue weighted by Gasteiger charge is 2.37. The number of alkyl halides is 3. The summed E-state index contributed by atoms with van der Waals surface area (Å²) < 4.78 is 43.5. The Balaban J connectivity index is 1.77. The summed E-state index contributed by atoms with van der Waals surface area (Å²) in [6.07, 6.45) is -2.03. The van der Waals surface area contributed by atoms with Crippen LogP contribution in [-0.2, 0) is 22.6 Å². The predicted molar refractivity (Wildman–Crippen MR) is 99.7 cm³/mol. The van der Waals surface area contributed by atoms with Crippen LogP contribution in [0, 0.1) is 6.92 Å². The van der Waals surface area contributed by atoms with Crippen molar-refractivity contribution in [2.45, 2.75) is 45.3 Å². The van der Waals surface area contributed by atoms with Crippen LogP contribution in [0.1, 0.15) is 18.2 Å². The van der Waals surface area contributed by atoms with Gasteiger partial charge >= 0.3 is 6.18 Å². The molecule has 9 nitrogen and oxygen atoms in total. The normalized spacial score (nSPS) is 17.7. The summed E-state index contributed by atoms with van der Waals surface area (Å²) in [6, 6.07) is -0.560. The predicted octanol–water partition coefficient (Wildman–Crippen LogP) is 1.95. The van der Waals surface area contributed by atoms with Gasteiger partial charge in [0.1, 0.15) is 18.3 Å². The molecule has 1 aliphatic heterocycles. The fourth-order valence-electron chi connectivity index (χ4n) is 3.15. The minimum Gasteiger partial charge on any atom is -0.379 e. The molecule has 0 spiro atoms. The van der Waals surface area contributed by atoms with Crippen molar-refractivity contribution in [1.82, 2.24) is 19.7 Å². The van der Waals surface area contributed by atoms with Gasteiger partial charge in [-0.25, -0.2) is 4.98 Å². The maximum atomic E-state index is 12.4. The van der Waals surface area contributed by atoms with Crippen LogP contribution >= 0.6 is 0 Å². The van der Waals surface area contributed by atoms with Crippen LogP contribution in [0.3, 0.4) is 0 Å². The smallest absolute Gasteiger partial charge is 0.379 e. The summed E-state index contributed by atoms with van der Waals surface area (Å²) in [5, 5.41) is 9.51. The standard InChI is InChI=1S/C17H22F3N7O2/c1-9-12-14(26(3)13(10(2)29-4)15(28)24-12)25-16(23-9)21-5-11-6-22-27(7-11)8-17(18,19)20/h6-7,10,13H,5,8H2,1-4H3,(H,24,28)(H,21,23,25)/t10-,13+/m1/s1. The quantitative estimate of drug-likeness (QED) is 0.747. The lowest BCUT2D eigenvalue weighted by Crippen LogP contribution is -2.53. The fraction of sp³-hybridized carbons (Fsp3) is 0.529. The zero-order valence-electron chi connectivity index (χ0n) is 16.4. The van der Waals surface area contributed by atoms with E-state index >= 15 is 0 Å². The molecular weight excluding hydrogens is 391 g/mol. The second-order valence-electron chi connectivity index (χ2n) is 6.83. The highest BCUT2D eigenvalue weighted by molar-refractivity contribution is 6.03. The first-order valence-corrected chi connectivity index (χ1v) is 8.86. The number of hydrogen-bond acceptors (Lipinski definition) is 7. The van der Waals surface area contributed by atoms with Crippen molar-refractivity contribution in [3.8, 4) is 0 Å². The Hall–Kier alpha value is -2.89. The van der Waals surface area contributed by atoms with Crippen LogP contribution in [0.15, 0.2) is 12.4 Å². The largest absolute Gasteiger partial charge is 0.408 e. The van der Waals surface area contributed by atoms with E-state index in [1.807, 2.05) is 0 Å². The number of hydrogen-bond donors (Lipinski definition) is 2. The van der Waals surface area contributed by atoms with Crippen LogP contribution in [0.25, 0.3) is 0 Å². The second kappa shape index (κ2) is 7.85. The SMILES string of the molecule is CO[C@H](C)[C@H]1C(=O)Nc2c(C)nc(NCc3cnn(CC(F)(F)F)c3)nc2N1C. The van der Waals surface area contributed by atoms with Gasteiger partial charge in [0.05, 0.1) is 18.0 Å². The molecule has 12 heteroatoms. The average molecular weight is 413 g/mol. The fourth-order valence-corrected chi connectivity index (χ4v) is 3.15. The molecule has 158 valence electrons. The summed E-state index contributed by atoms with van der Waals surface area (Å²) in [5.41, 5.74) is 1.63. The molecule has 0 saturated carbocycles. The Morgan fingerprint density at radius 2 is 2.10 bits per heavy atom. The van der Waals surface area contributed by atoms with Crippen molar-refractivity contribution < 1.29 is 22.7 Å². The van der Waals surface area contributed by atoms with Crippen molar-refractivity contribution in [1.29, 1.82) is 0 Å². The lowest BCUT2D eigenvalue weighted by atomic mass is 10.1. The van der Waals surface area contributed by atoms with Gasteiger partial charge in [-0.15, -0.1) is 0 Å². The molecule has 3 heterocycles. The molecule has 2 aromatic rings. The van der Waals surface area contributed by atoms with Gasteiger partial charge in [0, 0.05) is 32.5 Å². The number of likely N-dealkylation sites (N-methyl/N-ethyl adjacent to an activating group) is 1. The minimum atomic E-state index is -4.33. The van der Waals surface area contributed by atoms with Gasteiger partial charge in [0.15, 0.2) is 5.82 Å². The topological polar surface area (TPSA) is 97.2 Å². The summed E-state index contributed by atoms with van der Waals surface area (Å²) in [4.78, 5) is 22.9. The van der Waals surface area contributed by atoms with Gasteiger partial charge in [-0.3, -0.25) is 9.48 Å². The Morgan fingerprint density at radius 3 is 2.76 bits per heavy atom. The van der Waals surface area contributed by atoms with E-state index in [0.717, 1.165) is 4.68 Å². The second-order valence-corrected chi connectivity index (χ2v) is 6.83. The van der Waals surface area contributed by atoms with Gasteiger partial charge < -0.3 is 20.3 Å². The third-order valence-electron chi connectivity index (χ3n) is 4.63. The van der Waals surface area contributed by atoms with Crippen molar-refractivity contribution >= 4 is 23.4 Å². The number of halogens is 3. The molecule has 0 bridgehead atoms. The number of carbonyl (C=O) groups excluding carboxylic acids is 1. The Morgan fingerprint density at radius 1 is 1.38 bits per heavy atom. The summed E-state index contributed by atoms with van der Waals surface area (Å²) in [5.74, 6) is 0.608. The number of carbonyl (C=O) groups is 1. The van der Waals surface area contributed by atoms with E-state index in [9.17, 15) is 18.0 Å². The van der Waals surface area contributed by atoms with E-state index in [0.29, 0.717) is 22.8 Å². The first-order valence-electron chi connectivity index (χ1n) is 8.86. The highest BCUT2D eigenvalue weighted by atomic mass is 19.4. The molecule has 2 N–H and O–H groups in total. The van der Waals surface area contributed by atoms with E-state index in [1.54, 1.807) is 25.8 Å². The van der Waals surface area contributed by atoms with Crippen LogP contribution in [0.4, 0.5) is 30.6 Å². The number of nitrogens with zero attached hydrogens (tertiary/aromatic N) is 5. The molecule has 29 heavy (non-hydrogen) atoms. The molecular formula is C17H22F3N7O2. The van der Waals surface area contributed by atoms with Crippen molar-refractivity contribution in [2.75, 3.05) is 29.7 Å². The summed E-state index contributed by atoms with van der Waals surface area (Å²) in [7, 11) is 3.27. The van der Waals surface area contributed by atoms with Crippen molar-refractivity contribution in [2.24, 2.45) is 0 Å². The van der Waals surface area contributed by atoms with Gasteiger partial charge in [-0.1, -0.05) is 0 Å². The molecule has 0 radical (unpaired) electrons. The maximum absolute atomic E-state index is 12.4. The van der Waals surface area contributed by atoms with Crippen LogP contribution in [-0.4, -0.2) is 58.1 Å². The van der Waals surface area contributed by atoms with E-state index in [2.05, 4.69) is 25.7 Å². The molecule has 1 aliphatic rings. The van der Waals surface area contributed by atoms with E-state index in [1.165, 1.54) is 19.5 Å². The Bertz CT molecular complexity index is 900. The monoisotopic (exact) mass is 413 g/mol. The number of anilines is 3. The molecule has 0 aliphatic carbocycles. The third kappa shape index (κ3) is 4.58. The highest BCUT2D eigenvalue weighted by Crippen LogP contribution is 2.33. The molecule has 2 atom stereocenters. The van der Waals surface area contributed by atoms with Gasteiger partial charge in [0.25, 0.3) is 0 Å². The lowest BCUT2D eigenvalue weighted by Gasteiger charge is -2.37. The number of ether oxygens (including phenoxy) is 1. The number of nitrogens with one attached hydrogen (secondary N) is 2. The van der Waals surface area contributed by atoms with Gasteiger partial charge in [0.2, 0.25) is 11.9 Å². The molecule has 0 fully saturated rings. The summed E-state index contributed by atoms with van der Waals surface area (Å²) in [6.45, 7) is 2.58. The minimum absolute atomic E-state index is 0.198. The summed E-state index contributed by atoms with van der Waals surface area (Å²) >= 11 is 0. The van der Waals surface area contributed by atoms with Crippen molar-refractivity contribution in [3.05, 3.63) is 23.7 Å². The molecule has 0 unspecified atom stereocenters. The lowest BCUT2D eigenvalue weighted by molar-refractivity contribution is -0.142. The number of amides is 1. The molecule has 0 aromatic carbocycles. The number of aryl methyl sites for hydroxylation is 1. The van der Waals surface area contributed by atoms with Gasteiger partial charge in [-0.2, -0.15) is 23.3 Å². The van der Waals surface area contributed by atoms with Gasteiger partial charge in [-0.05, 0) is 13.8 Å². The van der Waals surface area contributed by atoms with Crippen molar-refractivity contribution in [3.63, 3.8) is 0 Å². The van der Waals surface area contributed by atoms with E-state index in [-0.39, 0.29) is 24.5 Å². The first kappa shape index (κ1) is 20.8. The number of rotatable bonds is 6. The third-order valence-corrected chi connectivity index (χ3v) is 4.63. The number of aromatic nitrogens is 4.